The molecular weight excluding hydrogens is 386 g/mol. The SMILES string of the molecule is Cc1cc(-c2nnc(CCC(=O)N(C)[C@H](C)c3ccc4c(c3)OCCO4)o2)c(C)o1. The Morgan fingerprint density at radius 3 is 2.60 bits per heavy atom. The smallest absolute Gasteiger partial charge is 0.251 e. The summed E-state index contributed by atoms with van der Waals surface area (Å²) in [4.78, 5) is 14.4. The summed E-state index contributed by atoms with van der Waals surface area (Å²) >= 11 is 0. The summed E-state index contributed by atoms with van der Waals surface area (Å²) in [5, 5.41) is 8.15. The van der Waals surface area contributed by atoms with Crippen molar-refractivity contribution in [3.63, 3.8) is 0 Å². The molecule has 0 unspecified atom stereocenters. The Bertz CT molecular complexity index is 1050. The van der Waals surface area contributed by atoms with Crippen LogP contribution in [0.2, 0.25) is 0 Å². The van der Waals surface area contributed by atoms with E-state index in [9.17, 15) is 4.79 Å². The summed E-state index contributed by atoms with van der Waals surface area (Å²) in [5.41, 5.74) is 1.77. The van der Waals surface area contributed by atoms with Crippen LogP contribution in [0.5, 0.6) is 11.5 Å². The van der Waals surface area contributed by atoms with Gasteiger partial charge in [-0.3, -0.25) is 4.79 Å². The third-order valence-corrected chi connectivity index (χ3v) is 5.31. The fourth-order valence-corrected chi connectivity index (χ4v) is 3.46. The molecule has 0 radical (unpaired) electrons. The maximum Gasteiger partial charge on any atom is 0.251 e. The first-order chi connectivity index (χ1) is 14.4. The van der Waals surface area contributed by atoms with Gasteiger partial charge in [-0.25, -0.2) is 0 Å². The molecule has 0 N–H and O–H groups in total. The highest BCUT2D eigenvalue weighted by Gasteiger charge is 2.21. The van der Waals surface area contributed by atoms with E-state index in [0.29, 0.717) is 31.4 Å². The fourth-order valence-electron chi connectivity index (χ4n) is 3.46. The van der Waals surface area contributed by atoms with Crippen molar-refractivity contribution in [2.45, 2.75) is 39.7 Å². The van der Waals surface area contributed by atoms with Gasteiger partial charge in [-0.2, -0.15) is 0 Å². The van der Waals surface area contributed by atoms with Gasteiger partial charge in [0.25, 0.3) is 5.89 Å². The molecule has 158 valence electrons. The van der Waals surface area contributed by atoms with E-state index in [2.05, 4.69) is 10.2 Å². The number of ether oxygens (including phenoxy) is 2. The molecule has 0 aliphatic carbocycles. The minimum Gasteiger partial charge on any atom is -0.486 e. The van der Waals surface area contributed by atoms with Crippen LogP contribution in [0, 0.1) is 13.8 Å². The van der Waals surface area contributed by atoms with Gasteiger partial charge in [0.2, 0.25) is 11.8 Å². The first-order valence-corrected chi connectivity index (χ1v) is 9.97. The van der Waals surface area contributed by atoms with Crippen LogP contribution in [0.4, 0.5) is 0 Å². The number of carbonyl (C=O) groups excluding carboxylic acids is 1. The van der Waals surface area contributed by atoms with E-state index in [1.165, 1.54) is 0 Å². The largest absolute Gasteiger partial charge is 0.486 e. The molecule has 8 heteroatoms. The summed E-state index contributed by atoms with van der Waals surface area (Å²) in [6.45, 7) is 6.79. The standard InChI is InChI=1S/C22H25N3O5/c1-13-11-17(15(3)29-13)22-24-23-20(30-22)7-8-21(26)25(4)14(2)16-5-6-18-19(12-16)28-10-9-27-18/h5-6,11-12,14H,7-10H2,1-4H3/t14-/m1/s1. The Morgan fingerprint density at radius 2 is 1.87 bits per heavy atom. The number of benzene rings is 1. The summed E-state index contributed by atoms with van der Waals surface area (Å²) in [6.07, 6.45) is 0.649. The summed E-state index contributed by atoms with van der Waals surface area (Å²) in [6, 6.07) is 7.53. The molecule has 1 atom stereocenters. The fraction of sp³-hybridized carbons (Fsp3) is 0.409. The van der Waals surface area contributed by atoms with Crippen LogP contribution < -0.4 is 9.47 Å². The topological polar surface area (TPSA) is 90.8 Å². The van der Waals surface area contributed by atoms with Gasteiger partial charge in [0, 0.05) is 19.9 Å². The van der Waals surface area contributed by atoms with Crippen molar-refractivity contribution in [1.29, 1.82) is 0 Å². The maximum atomic E-state index is 12.7. The molecule has 8 nitrogen and oxygen atoms in total. The van der Waals surface area contributed by atoms with E-state index in [1.54, 1.807) is 11.9 Å². The molecule has 3 aromatic rings. The predicted molar refractivity (Wildman–Crippen MR) is 108 cm³/mol. The highest BCUT2D eigenvalue weighted by molar-refractivity contribution is 5.76. The molecule has 3 heterocycles. The third kappa shape index (κ3) is 4.03. The molecule has 2 aromatic heterocycles. The maximum absolute atomic E-state index is 12.7. The number of fused-ring (bicyclic) bond motifs is 1. The van der Waals surface area contributed by atoms with Crippen molar-refractivity contribution in [2.24, 2.45) is 0 Å². The first-order valence-electron chi connectivity index (χ1n) is 9.97. The summed E-state index contributed by atoms with van der Waals surface area (Å²) in [7, 11) is 1.79. The number of rotatable bonds is 6. The number of hydrogen-bond acceptors (Lipinski definition) is 7. The van der Waals surface area contributed by atoms with Crippen molar-refractivity contribution in [3.8, 4) is 23.0 Å². The molecule has 30 heavy (non-hydrogen) atoms. The molecule has 4 rings (SSSR count). The monoisotopic (exact) mass is 411 g/mol. The van der Waals surface area contributed by atoms with E-state index in [4.69, 9.17) is 18.3 Å². The average Bonchev–Trinajstić information content (AvgIpc) is 3.36. The number of aromatic nitrogens is 2. The van der Waals surface area contributed by atoms with E-state index in [0.717, 1.165) is 34.1 Å². The lowest BCUT2D eigenvalue weighted by Gasteiger charge is -2.27. The number of aryl methyl sites for hydroxylation is 3. The quantitative estimate of drug-likeness (QED) is 0.608. The zero-order valence-electron chi connectivity index (χ0n) is 17.6. The predicted octanol–water partition coefficient (Wildman–Crippen LogP) is 3.87. The van der Waals surface area contributed by atoms with Crippen molar-refractivity contribution in [3.05, 3.63) is 47.2 Å². The minimum absolute atomic E-state index is 0.00697. The van der Waals surface area contributed by atoms with Crippen molar-refractivity contribution >= 4 is 5.91 Å². The molecule has 0 saturated heterocycles. The van der Waals surface area contributed by atoms with Crippen molar-refractivity contribution in [2.75, 3.05) is 20.3 Å². The van der Waals surface area contributed by atoms with Gasteiger partial charge in [0.1, 0.15) is 24.7 Å². The second kappa shape index (κ2) is 8.22. The van der Waals surface area contributed by atoms with Gasteiger partial charge in [-0.15, -0.1) is 10.2 Å². The van der Waals surface area contributed by atoms with Gasteiger partial charge in [-0.1, -0.05) is 6.07 Å². The first kappa shape index (κ1) is 20.0. The second-order valence-electron chi connectivity index (χ2n) is 7.41. The van der Waals surface area contributed by atoms with Crippen LogP contribution in [-0.2, 0) is 11.2 Å². The molecule has 0 fully saturated rings. The summed E-state index contributed by atoms with van der Waals surface area (Å²) in [5.74, 6) is 3.80. The third-order valence-electron chi connectivity index (χ3n) is 5.31. The second-order valence-corrected chi connectivity index (χ2v) is 7.41. The van der Waals surface area contributed by atoms with Gasteiger partial charge < -0.3 is 23.2 Å². The number of nitrogens with zero attached hydrogens (tertiary/aromatic N) is 3. The summed E-state index contributed by atoms with van der Waals surface area (Å²) < 4.78 is 22.4. The lowest BCUT2D eigenvalue weighted by atomic mass is 10.1. The normalized spacial score (nSPS) is 13.9. The Morgan fingerprint density at radius 1 is 1.10 bits per heavy atom. The van der Waals surface area contributed by atoms with E-state index >= 15 is 0 Å². The number of hydrogen-bond donors (Lipinski definition) is 0. The van der Waals surface area contributed by atoms with Crippen LogP contribution in [0.1, 0.15) is 42.4 Å². The van der Waals surface area contributed by atoms with Gasteiger partial charge in [0.05, 0.1) is 11.6 Å². The Kier molecular flexibility index (Phi) is 5.48. The molecule has 1 amide bonds. The van der Waals surface area contributed by atoms with Crippen molar-refractivity contribution in [1.82, 2.24) is 15.1 Å². The van der Waals surface area contributed by atoms with Crippen LogP contribution >= 0.6 is 0 Å². The molecule has 0 saturated carbocycles. The number of amides is 1. The van der Waals surface area contributed by atoms with Crippen molar-refractivity contribution < 1.29 is 23.1 Å². The molecule has 1 aliphatic heterocycles. The van der Waals surface area contributed by atoms with Crippen LogP contribution in [0.25, 0.3) is 11.5 Å². The Balaban J connectivity index is 1.37. The minimum atomic E-state index is -0.108. The van der Waals surface area contributed by atoms with Crippen LogP contribution in [0.15, 0.2) is 33.1 Å². The average molecular weight is 411 g/mol. The lowest BCUT2D eigenvalue weighted by Crippen LogP contribution is -2.30. The molecule has 0 bridgehead atoms. The molecule has 1 aliphatic rings. The zero-order chi connectivity index (χ0) is 21.3. The lowest BCUT2D eigenvalue weighted by molar-refractivity contribution is -0.131. The van der Waals surface area contributed by atoms with Gasteiger partial charge in [-0.05, 0) is 44.5 Å². The zero-order valence-corrected chi connectivity index (χ0v) is 17.6. The van der Waals surface area contributed by atoms with Gasteiger partial charge in [0.15, 0.2) is 11.5 Å². The van der Waals surface area contributed by atoms with E-state index < -0.39 is 0 Å². The Labute approximate surface area is 174 Å². The highest BCUT2D eigenvalue weighted by atomic mass is 16.6. The molecular formula is C22H25N3O5. The highest BCUT2D eigenvalue weighted by Crippen LogP contribution is 2.34. The van der Waals surface area contributed by atoms with Crippen LogP contribution in [-0.4, -0.2) is 41.3 Å². The van der Waals surface area contributed by atoms with E-state index in [1.807, 2.05) is 45.0 Å². The van der Waals surface area contributed by atoms with E-state index in [-0.39, 0.29) is 18.4 Å². The molecule has 0 spiro atoms. The molecule has 1 aromatic carbocycles. The Hall–Kier alpha value is -3.29. The number of furan rings is 1. The van der Waals surface area contributed by atoms with Crippen LogP contribution in [0.3, 0.4) is 0 Å². The number of carbonyl (C=O) groups is 1. The van der Waals surface area contributed by atoms with Gasteiger partial charge >= 0.3 is 0 Å².